The van der Waals surface area contributed by atoms with Crippen LogP contribution in [0.2, 0.25) is 10.0 Å². The van der Waals surface area contributed by atoms with E-state index in [9.17, 15) is 9.59 Å². The summed E-state index contributed by atoms with van der Waals surface area (Å²) in [5, 5.41) is 3.55. The molecule has 6 nitrogen and oxygen atoms in total. The van der Waals surface area contributed by atoms with Crippen molar-refractivity contribution in [1.82, 2.24) is 9.88 Å². The molecule has 0 aliphatic carbocycles. The minimum Gasteiger partial charge on any atom is -0.376 e. The minimum atomic E-state index is -0.356. The van der Waals surface area contributed by atoms with Crippen molar-refractivity contribution in [2.75, 3.05) is 31.1 Å². The molecule has 0 radical (unpaired) electrons. The van der Waals surface area contributed by atoms with Gasteiger partial charge in [-0.3, -0.25) is 14.5 Å². The number of thiazole rings is 1. The number of aromatic nitrogens is 1. The second-order valence-corrected chi connectivity index (χ2v) is 9.24. The molecule has 3 heterocycles. The predicted molar refractivity (Wildman–Crippen MR) is 119 cm³/mol. The van der Waals surface area contributed by atoms with Crippen molar-refractivity contribution in [2.45, 2.75) is 32.3 Å². The molecule has 160 valence electrons. The average Bonchev–Trinajstić information content (AvgIpc) is 3.46. The highest BCUT2D eigenvalue weighted by Gasteiger charge is 2.38. The number of halogens is 2. The molecule has 9 heteroatoms. The summed E-state index contributed by atoms with van der Waals surface area (Å²) >= 11 is 13.7. The van der Waals surface area contributed by atoms with Gasteiger partial charge in [-0.2, -0.15) is 0 Å². The molecule has 2 amide bonds. The quantitative estimate of drug-likeness (QED) is 0.627. The molecule has 0 N–H and O–H groups in total. The summed E-state index contributed by atoms with van der Waals surface area (Å²) in [5.41, 5.74) is 1.46. The molecule has 0 bridgehead atoms. The van der Waals surface area contributed by atoms with E-state index in [0.717, 1.165) is 18.4 Å². The van der Waals surface area contributed by atoms with Gasteiger partial charge in [0.15, 0.2) is 5.13 Å². The van der Waals surface area contributed by atoms with Gasteiger partial charge in [-0.05, 0) is 38.0 Å². The molecule has 0 spiro atoms. The largest absolute Gasteiger partial charge is 0.376 e. The van der Waals surface area contributed by atoms with Gasteiger partial charge in [-0.15, -0.1) is 11.3 Å². The molecule has 1 aromatic carbocycles. The predicted octanol–water partition coefficient (Wildman–Crippen LogP) is 4.50. The molecule has 2 fully saturated rings. The molecule has 2 unspecified atom stereocenters. The van der Waals surface area contributed by atoms with E-state index in [-0.39, 0.29) is 30.3 Å². The lowest BCUT2D eigenvalue weighted by molar-refractivity contribution is -0.128. The van der Waals surface area contributed by atoms with Crippen LogP contribution < -0.4 is 4.90 Å². The average molecular weight is 468 g/mol. The summed E-state index contributed by atoms with van der Waals surface area (Å²) in [6.07, 6.45) is 2.13. The van der Waals surface area contributed by atoms with Crippen molar-refractivity contribution in [1.29, 1.82) is 0 Å². The highest BCUT2D eigenvalue weighted by Crippen LogP contribution is 2.35. The van der Waals surface area contributed by atoms with Gasteiger partial charge in [0.2, 0.25) is 11.8 Å². The van der Waals surface area contributed by atoms with Gasteiger partial charge < -0.3 is 9.64 Å². The van der Waals surface area contributed by atoms with Crippen LogP contribution in [-0.2, 0) is 14.3 Å². The van der Waals surface area contributed by atoms with Gasteiger partial charge in [-0.1, -0.05) is 23.2 Å². The van der Waals surface area contributed by atoms with Crippen molar-refractivity contribution in [3.8, 4) is 11.3 Å². The van der Waals surface area contributed by atoms with Gasteiger partial charge in [0.05, 0.1) is 29.3 Å². The Kier molecular flexibility index (Phi) is 6.63. The first-order valence-electron chi connectivity index (χ1n) is 10.1. The number of rotatable bonds is 6. The number of anilines is 1. The molecular weight excluding hydrogens is 445 g/mol. The van der Waals surface area contributed by atoms with Crippen LogP contribution in [0.25, 0.3) is 11.3 Å². The second kappa shape index (κ2) is 9.22. The van der Waals surface area contributed by atoms with Crippen molar-refractivity contribution in [3.63, 3.8) is 0 Å². The Bertz CT molecular complexity index is 945. The zero-order valence-corrected chi connectivity index (χ0v) is 19.0. The van der Waals surface area contributed by atoms with E-state index in [1.54, 1.807) is 21.9 Å². The zero-order valence-electron chi connectivity index (χ0n) is 16.6. The molecular formula is C21H23Cl2N3O3S. The number of ether oxygens (including phenoxy) is 1. The van der Waals surface area contributed by atoms with Gasteiger partial charge in [0, 0.05) is 42.1 Å². The maximum absolute atomic E-state index is 13.4. The van der Waals surface area contributed by atoms with E-state index in [2.05, 4.69) is 0 Å². The van der Waals surface area contributed by atoms with Crippen molar-refractivity contribution in [3.05, 3.63) is 33.6 Å². The van der Waals surface area contributed by atoms with E-state index in [4.69, 9.17) is 32.9 Å². The number of carbonyl (C=O) groups excluding carboxylic acids is 2. The van der Waals surface area contributed by atoms with Gasteiger partial charge >= 0.3 is 0 Å². The zero-order chi connectivity index (χ0) is 21.3. The van der Waals surface area contributed by atoms with Crippen molar-refractivity contribution >= 4 is 51.5 Å². The highest BCUT2D eigenvalue weighted by atomic mass is 35.5. The Morgan fingerprint density at radius 3 is 2.90 bits per heavy atom. The molecule has 2 aliphatic heterocycles. The molecule has 30 heavy (non-hydrogen) atoms. The SMILES string of the molecule is CCN1CC(C(=O)N(CC2CCCO2)c2nc(-c3ccc(Cl)cc3Cl)cs2)CC1=O. The first-order valence-corrected chi connectivity index (χ1v) is 11.7. The molecule has 2 saturated heterocycles. The Balaban J connectivity index is 1.60. The number of likely N-dealkylation sites (tertiary alicyclic amines) is 1. The standard InChI is InChI=1S/C21H23Cl2N3O3S/c1-2-25-10-13(8-19(25)27)20(28)26(11-15-4-3-7-29-15)21-24-18(12-30-21)16-6-5-14(22)9-17(16)23/h5-6,9,12-13,15H,2-4,7-8,10-11H2,1H3. The fraction of sp³-hybridized carbons (Fsp3) is 0.476. The molecule has 2 aliphatic rings. The van der Waals surface area contributed by atoms with E-state index in [1.165, 1.54) is 11.3 Å². The maximum Gasteiger partial charge on any atom is 0.234 e. The number of hydrogen-bond donors (Lipinski definition) is 0. The maximum atomic E-state index is 13.4. The fourth-order valence-electron chi connectivity index (χ4n) is 3.93. The number of nitrogens with zero attached hydrogens (tertiary/aromatic N) is 3. The van der Waals surface area contributed by atoms with Gasteiger partial charge in [0.1, 0.15) is 0 Å². The monoisotopic (exact) mass is 467 g/mol. The number of hydrogen-bond acceptors (Lipinski definition) is 5. The Morgan fingerprint density at radius 2 is 2.23 bits per heavy atom. The number of carbonyl (C=O) groups is 2. The topological polar surface area (TPSA) is 62.7 Å². The Morgan fingerprint density at radius 1 is 1.40 bits per heavy atom. The third-order valence-corrected chi connectivity index (χ3v) is 6.96. The van der Waals surface area contributed by atoms with Crippen LogP contribution in [-0.4, -0.2) is 54.0 Å². The van der Waals surface area contributed by atoms with Crippen LogP contribution in [0.5, 0.6) is 0 Å². The summed E-state index contributed by atoms with van der Waals surface area (Å²) in [4.78, 5) is 33.7. The normalized spacial score (nSPS) is 21.4. The lowest BCUT2D eigenvalue weighted by Gasteiger charge is -2.25. The van der Waals surface area contributed by atoms with Gasteiger partial charge in [0.25, 0.3) is 0 Å². The first-order chi connectivity index (χ1) is 14.5. The molecule has 4 rings (SSSR count). The lowest BCUT2D eigenvalue weighted by atomic mass is 10.1. The lowest BCUT2D eigenvalue weighted by Crippen LogP contribution is -2.42. The summed E-state index contributed by atoms with van der Waals surface area (Å²) in [6.45, 7) is 4.15. The number of amides is 2. The van der Waals surface area contributed by atoms with Crippen molar-refractivity contribution in [2.24, 2.45) is 5.92 Å². The third-order valence-electron chi connectivity index (χ3n) is 5.55. The van der Waals surface area contributed by atoms with E-state index >= 15 is 0 Å². The first kappa shape index (κ1) is 21.6. The van der Waals surface area contributed by atoms with Crippen LogP contribution in [0.4, 0.5) is 5.13 Å². The Hall–Kier alpha value is -1.67. The van der Waals surface area contributed by atoms with Crippen LogP contribution in [0.15, 0.2) is 23.6 Å². The second-order valence-electron chi connectivity index (χ2n) is 7.56. The summed E-state index contributed by atoms with van der Waals surface area (Å²) in [6, 6.07) is 5.27. The van der Waals surface area contributed by atoms with Crippen LogP contribution in [0.1, 0.15) is 26.2 Å². The van der Waals surface area contributed by atoms with Crippen LogP contribution in [0, 0.1) is 5.92 Å². The highest BCUT2D eigenvalue weighted by molar-refractivity contribution is 7.14. The van der Waals surface area contributed by atoms with Crippen LogP contribution >= 0.6 is 34.5 Å². The Labute approximate surface area is 189 Å². The summed E-state index contributed by atoms with van der Waals surface area (Å²) < 4.78 is 5.77. The number of benzene rings is 1. The minimum absolute atomic E-state index is 0.0141. The fourth-order valence-corrected chi connectivity index (χ4v) is 5.27. The summed E-state index contributed by atoms with van der Waals surface area (Å²) in [7, 11) is 0. The van der Waals surface area contributed by atoms with Gasteiger partial charge in [-0.25, -0.2) is 4.98 Å². The molecule has 1 aromatic heterocycles. The van der Waals surface area contributed by atoms with E-state index < -0.39 is 0 Å². The smallest absolute Gasteiger partial charge is 0.234 e. The van der Waals surface area contributed by atoms with E-state index in [0.29, 0.717) is 47.1 Å². The molecule has 2 atom stereocenters. The van der Waals surface area contributed by atoms with Crippen LogP contribution in [0.3, 0.4) is 0 Å². The molecule has 0 saturated carbocycles. The molecule has 2 aromatic rings. The van der Waals surface area contributed by atoms with Crippen molar-refractivity contribution < 1.29 is 14.3 Å². The summed E-state index contributed by atoms with van der Waals surface area (Å²) in [5.74, 6) is -0.399. The van der Waals surface area contributed by atoms with E-state index in [1.807, 2.05) is 18.4 Å². The third kappa shape index (κ3) is 4.49.